The third-order valence-electron chi connectivity index (χ3n) is 1.71. The Morgan fingerprint density at radius 2 is 2.43 bits per heavy atom. The second kappa shape index (κ2) is 4.78. The SMILES string of the molecule is CC(CN)OCc1ccc(C(=O)O)o1. The van der Waals surface area contributed by atoms with Crippen LogP contribution >= 0.6 is 0 Å². The minimum atomic E-state index is -1.08. The standard InChI is InChI=1S/C9H13NO4/c1-6(4-10)13-5-7-2-3-8(14-7)9(11)12/h2-3,6H,4-5,10H2,1H3,(H,11,12). The van der Waals surface area contributed by atoms with Crippen molar-refractivity contribution in [1.29, 1.82) is 0 Å². The van der Waals surface area contributed by atoms with E-state index in [1.54, 1.807) is 6.07 Å². The first-order chi connectivity index (χ1) is 6.63. The third-order valence-corrected chi connectivity index (χ3v) is 1.71. The molecule has 1 rings (SSSR count). The molecule has 78 valence electrons. The number of hydrogen-bond donors (Lipinski definition) is 2. The van der Waals surface area contributed by atoms with E-state index < -0.39 is 5.97 Å². The van der Waals surface area contributed by atoms with Crippen LogP contribution in [0.1, 0.15) is 23.2 Å². The highest BCUT2D eigenvalue weighted by Gasteiger charge is 2.09. The van der Waals surface area contributed by atoms with Crippen molar-refractivity contribution in [3.63, 3.8) is 0 Å². The van der Waals surface area contributed by atoms with Gasteiger partial charge in [0.25, 0.3) is 0 Å². The van der Waals surface area contributed by atoms with Crippen molar-refractivity contribution < 1.29 is 19.1 Å². The van der Waals surface area contributed by atoms with Gasteiger partial charge in [0.05, 0.1) is 6.10 Å². The lowest BCUT2D eigenvalue weighted by Crippen LogP contribution is -2.19. The molecule has 0 saturated carbocycles. The molecule has 0 saturated heterocycles. The number of hydrogen-bond acceptors (Lipinski definition) is 4. The van der Waals surface area contributed by atoms with Crippen LogP contribution in [-0.4, -0.2) is 23.7 Å². The first kappa shape index (κ1) is 10.7. The molecule has 14 heavy (non-hydrogen) atoms. The van der Waals surface area contributed by atoms with E-state index in [-0.39, 0.29) is 18.5 Å². The number of rotatable bonds is 5. The van der Waals surface area contributed by atoms with Crippen molar-refractivity contribution in [2.45, 2.75) is 19.6 Å². The Balaban J connectivity index is 2.48. The molecule has 3 N–H and O–H groups in total. The zero-order valence-electron chi connectivity index (χ0n) is 7.90. The van der Waals surface area contributed by atoms with E-state index in [4.69, 9.17) is 20.0 Å². The summed E-state index contributed by atoms with van der Waals surface area (Å²) in [5.41, 5.74) is 5.34. The van der Waals surface area contributed by atoms with Gasteiger partial charge < -0.3 is 20.0 Å². The lowest BCUT2D eigenvalue weighted by molar-refractivity contribution is 0.0459. The molecule has 0 fully saturated rings. The predicted octanol–water partition coefficient (Wildman–Crippen LogP) is 0.842. The Bertz CT molecular complexity index is 308. The second-order valence-electron chi connectivity index (χ2n) is 2.93. The van der Waals surface area contributed by atoms with Gasteiger partial charge >= 0.3 is 5.97 Å². The predicted molar refractivity (Wildman–Crippen MR) is 49.0 cm³/mol. The van der Waals surface area contributed by atoms with E-state index in [0.717, 1.165) is 0 Å². The molecule has 0 aliphatic rings. The summed E-state index contributed by atoms with van der Waals surface area (Å²) in [7, 11) is 0. The van der Waals surface area contributed by atoms with Gasteiger partial charge in [-0.1, -0.05) is 0 Å². The number of carboxylic acids is 1. The normalized spacial score (nSPS) is 12.7. The van der Waals surface area contributed by atoms with Gasteiger partial charge in [0, 0.05) is 6.54 Å². The number of nitrogens with two attached hydrogens (primary N) is 1. The molecule has 0 aliphatic carbocycles. The van der Waals surface area contributed by atoms with E-state index in [1.807, 2.05) is 6.92 Å². The molecule has 1 heterocycles. The Kier molecular flexibility index (Phi) is 3.67. The lowest BCUT2D eigenvalue weighted by Gasteiger charge is -2.07. The second-order valence-corrected chi connectivity index (χ2v) is 2.93. The van der Waals surface area contributed by atoms with Gasteiger partial charge in [0.15, 0.2) is 0 Å². The maximum Gasteiger partial charge on any atom is 0.371 e. The van der Waals surface area contributed by atoms with E-state index in [0.29, 0.717) is 12.3 Å². The zero-order chi connectivity index (χ0) is 10.6. The molecule has 1 atom stereocenters. The Labute approximate surface area is 81.5 Å². The highest BCUT2D eigenvalue weighted by Crippen LogP contribution is 2.09. The number of carboxylic acid groups (broad SMARTS) is 1. The van der Waals surface area contributed by atoms with Crippen LogP contribution in [0.25, 0.3) is 0 Å². The molecule has 0 bridgehead atoms. The van der Waals surface area contributed by atoms with Crippen LogP contribution in [0, 0.1) is 0 Å². The third kappa shape index (κ3) is 2.86. The molecule has 0 amide bonds. The van der Waals surface area contributed by atoms with Crippen molar-refractivity contribution in [2.75, 3.05) is 6.54 Å². The first-order valence-electron chi connectivity index (χ1n) is 4.27. The summed E-state index contributed by atoms with van der Waals surface area (Å²) in [6, 6.07) is 2.97. The molecule has 0 spiro atoms. The fourth-order valence-corrected chi connectivity index (χ4v) is 0.863. The quantitative estimate of drug-likeness (QED) is 0.733. The van der Waals surface area contributed by atoms with Gasteiger partial charge in [-0.15, -0.1) is 0 Å². The summed E-state index contributed by atoms with van der Waals surface area (Å²) in [6.45, 7) is 2.50. The summed E-state index contributed by atoms with van der Waals surface area (Å²) in [4.78, 5) is 10.5. The summed E-state index contributed by atoms with van der Waals surface area (Å²) in [5, 5.41) is 8.57. The van der Waals surface area contributed by atoms with Crippen molar-refractivity contribution in [3.05, 3.63) is 23.7 Å². The van der Waals surface area contributed by atoms with E-state index >= 15 is 0 Å². The van der Waals surface area contributed by atoms with E-state index in [1.165, 1.54) is 6.07 Å². The van der Waals surface area contributed by atoms with Crippen molar-refractivity contribution in [3.8, 4) is 0 Å². The fraction of sp³-hybridized carbons (Fsp3) is 0.444. The highest BCUT2D eigenvalue weighted by atomic mass is 16.5. The minimum Gasteiger partial charge on any atom is -0.475 e. The number of ether oxygens (including phenoxy) is 1. The maximum atomic E-state index is 10.5. The van der Waals surface area contributed by atoms with E-state index in [9.17, 15) is 4.79 Å². The molecular weight excluding hydrogens is 186 g/mol. The van der Waals surface area contributed by atoms with Gasteiger partial charge in [-0.25, -0.2) is 4.79 Å². The van der Waals surface area contributed by atoms with Gasteiger partial charge in [-0.2, -0.15) is 0 Å². The van der Waals surface area contributed by atoms with Crippen molar-refractivity contribution >= 4 is 5.97 Å². The average molecular weight is 199 g/mol. The van der Waals surface area contributed by atoms with Crippen LogP contribution in [0.5, 0.6) is 0 Å². The van der Waals surface area contributed by atoms with Crippen LogP contribution in [0.15, 0.2) is 16.5 Å². The van der Waals surface area contributed by atoms with Crippen LogP contribution in [0.3, 0.4) is 0 Å². The van der Waals surface area contributed by atoms with Crippen molar-refractivity contribution in [1.82, 2.24) is 0 Å². The van der Waals surface area contributed by atoms with Gasteiger partial charge in [0.1, 0.15) is 12.4 Å². The Morgan fingerprint density at radius 1 is 1.71 bits per heavy atom. The number of aromatic carboxylic acids is 1. The summed E-state index contributed by atoms with van der Waals surface area (Å²) in [6.07, 6.45) is -0.0617. The lowest BCUT2D eigenvalue weighted by atomic mass is 10.4. The smallest absolute Gasteiger partial charge is 0.371 e. The average Bonchev–Trinajstić information content (AvgIpc) is 2.62. The summed E-state index contributed by atoms with van der Waals surface area (Å²) < 4.78 is 10.2. The minimum absolute atomic E-state index is 0.0617. The largest absolute Gasteiger partial charge is 0.475 e. The molecule has 0 aliphatic heterocycles. The molecule has 5 heteroatoms. The van der Waals surface area contributed by atoms with E-state index in [2.05, 4.69) is 0 Å². The summed E-state index contributed by atoms with van der Waals surface area (Å²) >= 11 is 0. The van der Waals surface area contributed by atoms with Crippen LogP contribution in [0.2, 0.25) is 0 Å². The zero-order valence-corrected chi connectivity index (χ0v) is 7.90. The molecule has 1 aromatic rings. The maximum absolute atomic E-state index is 10.5. The molecule has 0 aromatic carbocycles. The number of carbonyl (C=O) groups is 1. The number of furan rings is 1. The van der Waals surface area contributed by atoms with Gasteiger partial charge in [0.2, 0.25) is 5.76 Å². The molecule has 1 unspecified atom stereocenters. The molecular formula is C9H13NO4. The topological polar surface area (TPSA) is 85.7 Å². The summed E-state index contributed by atoms with van der Waals surface area (Å²) in [5.74, 6) is -0.671. The van der Waals surface area contributed by atoms with Crippen LogP contribution in [-0.2, 0) is 11.3 Å². The Morgan fingerprint density at radius 3 is 2.93 bits per heavy atom. The van der Waals surface area contributed by atoms with Crippen molar-refractivity contribution in [2.24, 2.45) is 5.73 Å². The van der Waals surface area contributed by atoms with Gasteiger partial charge in [-0.3, -0.25) is 0 Å². The Hall–Kier alpha value is -1.33. The van der Waals surface area contributed by atoms with Crippen LogP contribution in [0.4, 0.5) is 0 Å². The highest BCUT2D eigenvalue weighted by molar-refractivity contribution is 5.84. The fourth-order valence-electron chi connectivity index (χ4n) is 0.863. The molecule has 1 aromatic heterocycles. The monoisotopic (exact) mass is 199 g/mol. The first-order valence-corrected chi connectivity index (χ1v) is 4.27. The molecule has 5 nitrogen and oxygen atoms in total. The van der Waals surface area contributed by atoms with Gasteiger partial charge in [-0.05, 0) is 19.1 Å². The molecule has 0 radical (unpaired) electrons. The van der Waals surface area contributed by atoms with Crippen LogP contribution < -0.4 is 5.73 Å².